The molecule has 110 valence electrons. The van der Waals surface area contributed by atoms with Gasteiger partial charge in [-0.05, 0) is 31.0 Å². The maximum absolute atomic E-state index is 12.4. The lowest BCUT2D eigenvalue weighted by atomic mass is 10.0. The van der Waals surface area contributed by atoms with Crippen LogP contribution in [0.3, 0.4) is 0 Å². The second-order valence-corrected chi connectivity index (χ2v) is 4.82. The number of nitrogens with zero attached hydrogens (tertiary/aromatic N) is 1. The SMILES string of the molecule is CCCOc1cncc(C(=O)c2ccc(CCN)cc2)c1. The van der Waals surface area contributed by atoms with E-state index in [2.05, 4.69) is 4.98 Å². The normalized spacial score (nSPS) is 10.4. The fourth-order valence-corrected chi connectivity index (χ4v) is 2.00. The second-order valence-electron chi connectivity index (χ2n) is 4.82. The first-order valence-electron chi connectivity index (χ1n) is 7.16. The summed E-state index contributed by atoms with van der Waals surface area (Å²) in [7, 11) is 0. The summed E-state index contributed by atoms with van der Waals surface area (Å²) in [6, 6.07) is 9.26. The number of aromatic nitrogens is 1. The Hall–Kier alpha value is -2.20. The average molecular weight is 284 g/mol. The summed E-state index contributed by atoms with van der Waals surface area (Å²) in [5, 5.41) is 0. The van der Waals surface area contributed by atoms with E-state index in [0.29, 0.717) is 30.0 Å². The minimum atomic E-state index is -0.0521. The molecule has 2 rings (SSSR count). The van der Waals surface area contributed by atoms with Gasteiger partial charge in [0.25, 0.3) is 0 Å². The van der Waals surface area contributed by atoms with Crippen LogP contribution in [0.4, 0.5) is 0 Å². The van der Waals surface area contributed by atoms with Crippen molar-refractivity contribution in [1.82, 2.24) is 4.98 Å². The van der Waals surface area contributed by atoms with Crippen molar-refractivity contribution in [3.05, 3.63) is 59.4 Å². The van der Waals surface area contributed by atoms with Crippen molar-refractivity contribution in [1.29, 1.82) is 0 Å². The molecule has 0 spiro atoms. The summed E-state index contributed by atoms with van der Waals surface area (Å²) in [5.74, 6) is 0.575. The number of hydrogen-bond acceptors (Lipinski definition) is 4. The first kappa shape index (κ1) is 15.2. The lowest BCUT2D eigenvalue weighted by molar-refractivity contribution is 0.103. The Morgan fingerprint density at radius 2 is 1.95 bits per heavy atom. The molecule has 0 fully saturated rings. The van der Waals surface area contributed by atoms with E-state index in [4.69, 9.17) is 10.5 Å². The molecule has 0 unspecified atom stereocenters. The van der Waals surface area contributed by atoms with Crippen LogP contribution in [0, 0.1) is 0 Å². The Labute approximate surface area is 125 Å². The minimum Gasteiger partial charge on any atom is -0.492 e. The topological polar surface area (TPSA) is 65.2 Å². The number of nitrogens with two attached hydrogens (primary N) is 1. The third-order valence-corrected chi connectivity index (χ3v) is 3.10. The molecular formula is C17H20N2O2. The fourth-order valence-electron chi connectivity index (χ4n) is 2.00. The molecule has 21 heavy (non-hydrogen) atoms. The standard InChI is InChI=1S/C17H20N2O2/c1-2-9-21-16-10-15(11-19-12-16)17(20)14-5-3-13(4-6-14)7-8-18/h3-6,10-12H,2,7-9,18H2,1H3. The Kier molecular flexibility index (Phi) is 5.46. The Balaban J connectivity index is 2.15. The molecule has 0 saturated heterocycles. The molecule has 0 aliphatic carbocycles. The number of pyridine rings is 1. The summed E-state index contributed by atoms with van der Waals surface area (Å²) in [6.45, 7) is 3.26. The highest BCUT2D eigenvalue weighted by Crippen LogP contribution is 2.16. The number of benzene rings is 1. The predicted octanol–water partition coefficient (Wildman–Crippen LogP) is 2.60. The summed E-state index contributed by atoms with van der Waals surface area (Å²) in [5.41, 5.74) is 7.83. The van der Waals surface area contributed by atoms with E-state index in [9.17, 15) is 4.79 Å². The van der Waals surface area contributed by atoms with E-state index in [0.717, 1.165) is 18.4 Å². The van der Waals surface area contributed by atoms with E-state index >= 15 is 0 Å². The van der Waals surface area contributed by atoms with Gasteiger partial charge in [0.15, 0.2) is 5.78 Å². The van der Waals surface area contributed by atoms with Crippen LogP contribution in [0.25, 0.3) is 0 Å². The van der Waals surface area contributed by atoms with E-state index in [1.165, 1.54) is 0 Å². The van der Waals surface area contributed by atoms with Crippen molar-refractivity contribution < 1.29 is 9.53 Å². The molecule has 0 aliphatic rings. The van der Waals surface area contributed by atoms with Crippen molar-refractivity contribution in [3.8, 4) is 5.75 Å². The summed E-state index contributed by atoms with van der Waals surface area (Å²) >= 11 is 0. The number of ether oxygens (including phenoxy) is 1. The van der Waals surface area contributed by atoms with Gasteiger partial charge in [-0.3, -0.25) is 9.78 Å². The molecule has 4 heteroatoms. The molecule has 1 heterocycles. The molecule has 2 N–H and O–H groups in total. The van der Waals surface area contributed by atoms with Crippen LogP contribution in [0.2, 0.25) is 0 Å². The molecule has 2 aromatic rings. The zero-order valence-electron chi connectivity index (χ0n) is 12.2. The molecule has 1 aromatic carbocycles. The van der Waals surface area contributed by atoms with Gasteiger partial charge in [0.05, 0.1) is 12.8 Å². The molecular weight excluding hydrogens is 264 g/mol. The number of carbonyl (C=O) groups is 1. The Morgan fingerprint density at radius 1 is 1.19 bits per heavy atom. The summed E-state index contributed by atoms with van der Waals surface area (Å²) < 4.78 is 5.50. The highest BCUT2D eigenvalue weighted by Gasteiger charge is 2.10. The first-order valence-corrected chi connectivity index (χ1v) is 7.16. The highest BCUT2D eigenvalue weighted by molar-refractivity contribution is 6.08. The van der Waals surface area contributed by atoms with E-state index in [-0.39, 0.29) is 5.78 Å². The highest BCUT2D eigenvalue weighted by atomic mass is 16.5. The van der Waals surface area contributed by atoms with Gasteiger partial charge in [-0.25, -0.2) is 0 Å². The average Bonchev–Trinajstić information content (AvgIpc) is 2.53. The monoisotopic (exact) mass is 284 g/mol. The van der Waals surface area contributed by atoms with Gasteiger partial charge < -0.3 is 10.5 Å². The smallest absolute Gasteiger partial charge is 0.194 e. The predicted molar refractivity (Wildman–Crippen MR) is 82.7 cm³/mol. The van der Waals surface area contributed by atoms with Crippen LogP contribution >= 0.6 is 0 Å². The van der Waals surface area contributed by atoms with Crippen molar-refractivity contribution >= 4 is 5.78 Å². The molecule has 4 nitrogen and oxygen atoms in total. The quantitative estimate of drug-likeness (QED) is 0.794. The van der Waals surface area contributed by atoms with Crippen LogP contribution in [0.5, 0.6) is 5.75 Å². The third kappa shape index (κ3) is 4.13. The lowest BCUT2D eigenvalue weighted by Gasteiger charge is -2.06. The third-order valence-electron chi connectivity index (χ3n) is 3.10. The van der Waals surface area contributed by atoms with Crippen molar-refractivity contribution in [2.45, 2.75) is 19.8 Å². The molecule has 0 saturated carbocycles. The molecule has 0 atom stereocenters. The van der Waals surface area contributed by atoms with E-state index < -0.39 is 0 Å². The van der Waals surface area contributed by atoms with Crippen molar-refractivity contribution in [2.75, 3.05) is 13.2 Å². The Morgan fingerprint density at radius 3 is 2.62 bits per heavy atom. The van der Waals surface area contributed by atoms with Crippen molar-refractivity contribution in [3.63, 3.8) is 0 Å². The lowest BCUT2D eigenvalue weighted by Crippen LogP contribution is -2.05. The molecule has 1 aromatic heterocycles. The van der Waals surface area contributed by atoms with Gasteiger partial charge in [0, 0.05) is 17.3 Å². The Bertz CT molecular complexity index is 594. The van der Waals surface area contributed by atoms with Crippen LogP contribution in [-0.2, 0) is 6.42 Å². The maximum Gasteiger partial charge on any atom is 0.194 e. The van der Waals surface area contributed by atoms with Crippen LogP contribution < -0.4 is 10.5 Å². The summed E-state index contributed by atoms with van der Waals surface area (Å²) in [6.07, 6.45) is 4.92. The molecule has 0 aliphatic heterocycles. The number of rotatable bonds is 7. The van der Waals surface area contributed by atoms with Crippen LogP contribution in [0.1, 0.15) is 34.8 Å². The zero-order chi connectivity index (χ0) is 15.1. The zero-order valence-corrected chi connectivity index (χ0v) is 12.2. The van der Waals surface area contributed by atoms with Gasteiger partial charge in [-0.1, -0.05) is 31.2 Å². The fraction of sp³-hybridized carbons (Fsp3) is 0.294. The van der Waals surface area contributed by atoms with Crippen LogP contribution in [0.15, 0.2) is 42.7 Å². The largest absolute Gasteiger partial charge is 0.492 e. The van der Waals surface area contributed by atoms with Gasteiger partial charge in [0.2, 0.25) is 0 Å². The van der Waals surface area contributed by atoms with E-state index in [1.807, 2.05) is 31.2 Å². The number of hydrogen-bond donors (Lipinski definition) is 1. The van der Waals surface area contributed by atoms with Crippen molar-refractivity contribution in [2.24, 2.45) is 5.73 Å². The van der Waals surface area contributed by atoms with Gasteiger partial charge in [-0.2, -0.15) is 0 Å². The van der Waals surface area contributed by atoms with Crippen LogP contribution in [-0.4, -0.2) is 23.9 Å². The van der Waals surface area contributed by atoms with Gasteiger partial charge in [0.1, 0.15) is 5.75 Å². The summed E-state index contributed by atoms with van der Waals surface area (Å²) in [4.78, 5) is 16.5. The number of ketones is 1. The maximum atomic E-state index is 12.4. The second kappa shape index (κ2) is 7.55. The molecule has 0 radical (unpaired) electrons. The number of carbonyl (C=O) groups excluding carboxylic acids is 1. The minimum absolute atomic E-state index is 0.0521. The van der Waals surface area contributed by atoms with Gasteiger partial charge in [-0.15, -0.1) is 0 Å². The first-order chi connectivity index (χ1) is 10.2. The van der Waals surface area contributed by atoms with Gasteiger partial charge >= 0.3 is 0 Å². The molecule has 0 amide bonds. The molecule has 0 bridgehead atoms. The van der Waals surface area contributed by atoms with E-state index in [1.54, 1.807) is 18.5 Å².